The molecule has 2 aromatic rings. The van der Waals surface area contributed by atoms with E-state index in [1.54, 1.807) is 19.1 Å². The molecule has 0 radical (unpaired) electrons. The lowest BCUT2D eigenvalue weighted by molar-refractivity contribution is 0.194. The minimum atomic E-state index is -0.666. The zero-order valence-corrected chi connectivity index (χ0v) is 10.2. The monoisotopic (exact) mass is 258 g/mol. The van der Waals surface area contributed by atoms with Crippen LogP contribution in [0.2, 0.25) is 0 Å². The Hall–Kier alpha value is -2.45. The normalized spacial score (nSPS) is 11.7. The van der Waals surface area contributed by atoms with Crippen molar-refractivity contribution in [1.82, 2.24) is 4.98 Å². The van der Waals surface area contributed by atoms with Crippen LogP contribution < -0.4 is 4.74 Å². The Balaban J connectivity index is 2.19. The molecule has 1 atom stereocenters. The SMILES string of the molecule is C[C@@H](O)c1ccc(Oc2ccc(C#N)cc2F)cn1. The third kappa shape index (κ3) is 3.06. The highest BCUT2D eigenvalue weighted by molar-refractivity contribution is 5.38. The van der Waals surface area contributed by atoms with Gasteiger partial charge in [-0.2, -0.15) is 5.26 Å². The summed E-state index contributed by atoms with van der Waals surface area (Å²) in [6.45, 7) is 1.60. The Labute approximate surface area is 109 Å². The number of nitriles is 1. The van der Waals surface area contributed by atoms with E-state index in [9.17, 15) is 9.50 Å². The van der Waals surface area contributed by atoms with Gasteiger partial charge < -0.3 is 9.84 Å². The van der Waals surface area contributed by atoms with Crippen LogP contribution in [0.5, 0.6) is 11.5 Å². The zero-order valence-electron chi connectivity index (χ0n) is 10.2. The molecule has 1 heterocycles. The lowest BCUT2D eigenvalue weighted by Gasteiger charge is -2.08. The number of benzene rings is 1. The largest absolute Gasteiger partial charge is 0.453 e. The lowest BCUT2D eigenvalue weighted by Crippen LogP contribution is -1.95. The minimum absolute atomic E-state index is 0.0191. The smallest absolute Gasteiger partial charge is 0.167 e. The number of hydrogen-bond donors (Lipinski definition) is 1. The molecule has 2 rings (SSSR count). The van der Waals surface area contributed by atoms with Crippen LogP contribution in [-0.4, -0.2) is 10.1 Å². The summed E-state index contributed by atoms with van der Waals surface area (Å²) < 4.78 is 18.9. The van der Waals surface area contributed by atoms with Crippen molar-refractivity contribution in [2.24, 2.45) is 0 Å². The summed E-state index contributed by atoms with van der Waals surface area (Å²) in [6, 6.07) is 8.99. The van der Waals surface area contributed by atoms with Gasteiger partial charge in [0.05, 0.1) is 29.6 Å². The van der Waals surface area contributed by atoms with Crippen LogP contribution >= 0.6 is 0 Å². The molecule has 0 saturated carbocycles. The van der Waals surface area contributed by atoms with Crippen LogP contribution in [0.1, 0.15) is 24.3 Å². The Kier molecular flexibility index (Phi) is 3.74. The van der Waals surface area contributed by atoms with Crippen molar-refractivity contribution in [2.75, 3.05) is 0 Å². The van der Waals surface area contributed by atoms with Crippen molar-refractivity contribution in [1.29, 1.82) is 5.26 Å². The van der Waals surface area contributed by atoms with Crippen molar-refractivity contribution in [3.05, 3.63) is 53.6 Å². The molecule has 0 aliphatic rings. The van der Waals surface area contributed by atoms with Gasteiger partial charge in [-0.25, -0.2) is 4.39 Å². The van der Waals surface area contributed by atoms with E-state index in [0.29, 0.717) is 11.4 Å². The number of pyridine rings is 1. The van der Waals surface area contributed by atoms with Crippen LogP contribution in [0.15, 0.2) is 36.5 Å². The molecule has 0 spiro atoms. The molecule has 19 heavy (non-hydrogen) atoms. The molecular formula is C14H11FN2O2. The van der Waals surface area contributed by atoms with Crippen LogP contribution in [0.4, 0.5) is 4.39 Å². The molecular weight excluding hydrogens is 247 g/mol. The van der Waals surface area contributed by atoms with Gasteiger partial charge in [-0.3, -0.25) is 4.98 Å². The van der Waals surface area contributed by atoms with Crippen LogP contribution in [0.3, 0.4) is 0 Å². The lowest BCUT2D eigenvalue weighted by atomic mass is 10.2. The van der Waals surface area contributed by atoms with E-state index >= 15 is 0 Å². The van der Waals surface area contributed by atoms with Gasteiger partial charge in [0.25, 0.3) is 0 Å². The van der Waals surface area contributed by atoms with Gasteiger partial charge in [-0.05, 0) is 37.3 Å². The van der Waals surface area contributed by atoms with Gasteiger partial charge in [-0.1, -0.05) is 0 Å². The first kappa shape index (κ1) is 13.0. The number of aromatic nitrogens is 1. The fourth-order valence-electron chi connectivity index (χ4n) is 1.48. The van der Waals surface area contributed by atoms with Gasteiger partial charge in [0.15, 0.2) is 11.6 Å². The number of ether oxygens (including phenoxy) is 1. The van der Waals surface area contributed by atoms with E-state index < -0.39 is 11.9 Å². The van der Waals surface area contributed by atoms with Crippen LogP contribution in [0, 0.1) is 17.1 Å². The van der Waals surface area contributed by atoms with E-state index in [1.807, 2.05) is 6.07 Å². The number of rotatable bonds is 3. The van der Waals surface area contributed by atoms with Gasteiger partial charge in [0.1, 0.15) is 5.75 Å². The van der Waals surface area contributed by atoms with Crippen LogP contribution in [0.25, 0.3) is 0 Å². The highest BCUT2D eigenvalue weighted by atomic mass is 19.1. The van der Waals surface area contributed by atoms with Crippen molar-refractivity contribution in [3.8, 4) is 17.6 Å². The van der Waals surface area contributed by atoms with Crippen molar-refractivity contribution >= 4 is 0 Å². The third-order valence-corrected chi connectivity index (χ3v) is 2.48. The Bertz CT molecular complexity index is 618. The summed E-state index contributed by atoms with van der Waals surface area (Å²) in [4.78, 5) is 3.99. The highest BCUT2D eigenvalue weighted by Crippen LogP contribution is 2.25. The molecule has 1 aromatic heterocycles. The van der Waals surface area contributed by atoms with E-state index in [1.165, 1.54) is 18.3 Å². The maximum absolute atomic E-state index is 13.6. The number of aliphatic hydroxyl groups is 1. The highest BCUT2D eigenvalue weighted by Gasteiger charge is 2.07. The first-order valence-corrected chi connectivity index (χ1v) is 5.61. The second kappa shape index (κ2) is 5.46. The summed E-state index contributed by atoms with van der Waals surface area (Å²) in [5.74, 6) is -0.239. The molecule has 1 aromatic carbocycles. The quantitative estimate of drug-likeness (QED) is 0.919. The van der Waals surface area contributed by atoms with E-state index in [4.69, 9.17) is 10.00 Å². The molecule has 0 aliphatic heterocycles. The summed E-state index contributed by atoms with van der Waals surface area (Å²) in [6.07, 6.45) is 0.736. The summed E-state index contributed by atoms with van der Waals surface area (Å²) in [5.41, 5.74) is 0.736. The molecule has 0 fully saturated rings. The summed E-state index contributed by atoms with van der Waals surface area (Å²) >= 11 is 0. The van der Waals surface area contributed by atoms with Gasteiger partial charge in [0, 0.05) is 0 Å². The molecule has 0 unspecified atom stereocenters. The molecule has 0 amide bonds. The maximum Gasteiger partial charge on any atom is 0.167 e. The van der Waals surface area contributed by atoms with E-state index in [2.05, 4.69) is 4.98 Å². The summed E-state index contributed by atoms with van der Waals surface area (Å²) in [5, 5.41) is 17.9. The molecule has 1 N–H and O–H groups in total. The number of halogens is 1. The maximum atomic E-state index is 13.6. The van der Waals surface area contributed by atoms with Gasteiger partial charge >= 0.3 is 0 Å². The first-order chi connectivity index (χ1) is 9.10. The first-order valence-electron chi connectivity index (χ1n) is 5.61. The Morgan fingerprint density at radius 2 is 2.16 bits per heavy atom. The van der Waals surface area contributed by atoms with E-state index in [0.717, 1.165) is 6.07 Å². The average molecular weight is 258 g/mol. The molecule has 0 aliphatic carbocycles. The molecule has 5 heteroatoms. The van der Waals surface area contributed by atoms with Crippen molar-refractivity contribution < 1.29 is 14.2 Å². The number of aliphatic hydroxyl groups excluding tert-OH is 1. The number of nitrogens with zero attached hydrogens (tertiary/aromatic N) is 2. The van der Waals surface area contributed by atoms with Crippen LogP contribution in [-0.2, 0) is 0 Å². The number of hydrogen-bond acceptors (Lipinski definition) is 4. The predicted molar refractivity (Wildman–Crippen MR) is 66.1 cm³/mol. The van der Waals surface area contributed by atoms with Gasteiger partial charge in [0.2, 0.25) is 0 Å². The topological polar surface area (TPSA) is 66.1 Å². The van der Waals surface area contributed by atoms with Gasteiger partial charge in [-0.15, -0.1) is 0 Å². The summed E-state index contributed by atoms with van der Waals surface area (Å²) in [7, 11) is 0. The van der Waals surface area contributed by atoms with Crippen molar-refractivity contribution in [2.45, 2.75) is 13.0 Å². The van der Waals surface area contributed by atoms with E-state index in [-0.39, 0.29) is 11.3 Å². The average Bonchev–Trinajstić information content (AvgIpc) is 2.41. The van der Waals surface area contributed by atoms with Crippen molar-refractivity contribution in [3.63, 3.8) is 0 Å². The fraction of sp³-hybridized carbons (Fsp3) is 0.143. The predicted octanol–water partition coefficient (Wildman–Crippen LogP) is 2.94. The standard InChI is InChI=1S/C14H11FN2O2/c1-9(18)13-4-3-11(8-17-13)19-14-5-2-10(7-16)6-12(14)15/h2-6,8-9,18H,1H3/t9-/m1/s1. The zero-order chi connectivity index (χ0) is 13.8. The Morgan fingerprint density at radius 1 is 1.37 bits per heavy atom. The molecule has 0 saturated heterocycles. The fourth-order valence-corrected chi connectivity index (χ4v) is 1.48. The molecule has 0 bridgehead atoms. The molecule has 4 nitrogen and oxygen atoms in total. The minimum Gasteiger partial charge on any atom is -0.453 e. The second-order valence-corrected chi connectivity index (χ2v) is 3.95. The Morgan fingerprint density at radius 3 is 2.68 bits per heavy atom. The second-order valence-electron chi connectivity index (χ2n) is 3.95. The molecule has 96 valence electrons. The third-order valence-electron chi connectivity index (χ3n) is 2.48.